The molecular formula is C29H45N5O6. The summed E-state index contributed by atoms with van der Waals surface area (Å²) in [5.41, 5.74) is 0.410. The van der Waals surface area contributed by atoms with Crippen molar-refractivity contribution in [3.8, 4) is 5.75 Å². The summed E-state index contributed by atoms with van der Waals surface area (Å²) in [5, 5.41) is 23.9. The molecule has 0 saturated carbocycles. The van der Waals surface area contributed by atoms with Crippen LogP contribution in [0.15, 0.2) is 24.3 Å². The number of benzene rings is 1. The molecule has 2 aliphatic heterocycles. The number of anilines is 1. The van der Waals surface area contributed by atoms with Gasteiger partial charge in [-0.3, -0.25) is 19.2 Å². The van der Waals surface area contributed by atoms with Gasteiger partial charge in [-0.1, -0.05) is 6.07 Å². The van der Waals surface area contributed by atoms with E-state index < -0.39 is 30.2 Å². The lowest BCUT2D eigenvalue weighted by molar-refractivity contribution is -0.140. The molecule has 2 fully saturated rings. The molecule has 11 nitrogen and oxygen atoms in total. The average molecular weight is 560 g/mol. The predicted octanol–water partition coefficient (Wildman–Crippen LogP) is 1.89. The van der Waals surface area contributed by atoms with E-state index in [2.05, 4.69) is 26.6 Å². The molecule has 0 unspecified atom stereocenters. The van der Waals surface area contributed by atoms with Crippen molar-refractivity contribution in [3.63, 3.8) is 0 Å². The fraction of sp³-hybridized carbons (Fsp3) is 0.655. The lowest BCUT2D eigenvalue weighted by atomic mass is 9.84. The molecule has 0 aromatic heterocycles. The monoisotopic (exact) mass is 559 g/mol. The van der Waals surface area contributed by atoms with Crippen molar-refractivity contribution in [1.29, 1.82) is 0 Å². The number of rotatable bonds is 15. The second-order valence-corrected chi connectivity index (χ2v) is 10.9. The van der Waals surface area contributed by atoms with Crippen LogP contribution in [0, 0.1) is 17.8 Å². The Kier molecular flexibility index (Phi) is 13.2. The first-order chi connectivity index (χ1) is 19.3. The Bertz CT molecular complexity index is 955. The number of piperidine rings is 2. The summed E-state index contributed by atoms with van der Waals surface area (Å²) >= 11 is 0. The van der Waals surface area contributed by atoms with Gasteiger partial charge in [-0.15, -0.1) is 0 Å². The first kappa shape index (κ1) is 31.3. The van der Waals surface area contributed by atoms with Crippen LogP contribution < -0.4 is 31.3 Å². The van der Waals surface area contributed by atoms with Crippen LogP contribution in [0.1, 0.15) is 57.8 Å². The van der Waals surface area contributed by atoms with Gasteiger partial charge in [0.15, 0.2) is 0 Å². The van der Waals surface area contributed by atoms with Gasteiger partial charge < -0.3 is 36.4 Å². The number of hydrogen-bond donors (Lipinski definition) is 6. The zero-order valence-electron chi connectivity index (χ0n) is 23.5. The van der Waals surface area contributed by atoms with Gasteiger partial charge in [0.05, 0.1) is 20.1 Å². The van der Waals surface area contributed by atoms with Crippen molar-refractivity contribution >= 4 is 29.4 Å². The van der Waals surface area contributed by atoms with Crippen molar-refractivity contribution in [2.24, 2.45) is 17.8 Å². The van der Waals surface area contributed by atoms with Crippen LogP contribution in [-0.4, -0.2) is 74.7 Å². The Balaban J connectivity index is 1.53. The average Bonchev–Trinajstić information content (AvgIpc) is 2.96. The number of hydrogen-bond acceptors (Lipinski definition) is 7. The van der Waals surface area contributed by atoms with E-state index >= 15 is 0 Å². The number of amides is 3. The molecule has 1 aromatic rings. The standard InChI is InChI=1S/C29H45N5O6/c1-40-24-4-2-3-23(17-24)33-29(39)25(18-27(36)37)34-26(35)19-32-28(38)22(7-5-20-9-13-30-14-10-20)8-6-21-11-15-31-16-12-21/h2-4,17,20-22,25,30-31H,5-16,18-19H2,1H3,(H,32,38)(H,33,39)(H,34,35)(H,36,37)/t25-/m0/s1. The molecule has 11 heteroatoms. The van der Waals surface area contributed by atoms with E-state index in [-0.39, 0.29) is 18.4 Å². The molecule has 6 N–H and O–H groups in total. The molecular weight excluding hydrogens is 514 g/mol. The van der Waals surface area contributed by atoms with E-state index in [0.717, 1.165) is 77.5 Å². The Hall–Kier alpha value is -3.18. The number of carboxylic acid groups (broad SMARTS) is 1. The maximum Gasteiger partial charge on any atom is 0.305 e. The fourth-order valence-electron chi connectivity index (χ4n) is 5.49. The normalized spacial score (nSPS) is 17.1. The van der Waals surface area contributed by atoms with E-state index in [1.807, 2.05) is 0 Å². The molecule has 0 spiro atoms. The topological polar surface area (TPSA) is 158 Å². The van der Waals surface area contributed by atoms with Gasteiger partial charge >= 0.3 is 5.97 Å². The SMILES string of the molecule is COc1cccc(NC(=O)[C@H](CC(=O)O)NC(=O)CNC(=O)C(CCC2CCNCC2)CCC2CCNCC2)c1. The lowest BCUT2D eigenvalue weighted by Gasteiger charge is -2.27. The Morgan fingerprint density at radius 3 is 2.10 bits per heavy atom. The summed E-state index contributed by atoms with van der Waals surface area (Å²) in [6.45, 7) is 3.73. The molecule has 40 heavy (non-hydrogen) atoms. The highest BCUT2D eigenvalue weighted by molar-refractivity contribution is 5.99. The van der Waals surface area contributed by atoms with Crippen LogP contribution in [0.25, 0.3) is 0 Å². The summed E-state index contributed by atoms with van der Waals surface area (Å²) in [6, 6.07) is 5.31. The van der Waals surface area contributed by atoms with Crippen molar-refractivity contribution < 1.29 is 29.0 Å². The summed E-state index contributed by atoms with van der Waals surface area (Å²) in [4.78, 5) is 50.0. The number of methoxy groups -OCH3 is 1. The molecule has 3 amide bonds. The van der Waals surface area contributed by atoms with Crippen LogP contribution >= 0.6 is 0 Å². The molecule has 0 aliphatic carbocycles. The van der Waals surface area contributed by atoms with Gasteiger partial charge in [0.1, 0.15) is 11.8 Å². The molecule has 2 aliphatic rings. The summed E-state index contributed by atoms with van der Waals surface area (Å²) in [5.74, 6) is -1.11. The molecule has 222 valence electrons. The predicted molar refractivity (Wildman–Crippen MR) is 152 cm³/mol. The van der Waals surface area contributed by atoms with Gasteiger partial charge in [-0.25, -0.2) is 0 Å². The summed E-state index contributed by atoms with van der Waals surface area (Å²) in [6.07, 6.45) is 7.43. The van der Waals surface area contributed by atoms with E-state index in [4.69, 9.17) is 4.74 Å². The van der Waals surface area contributed by atoms with Crippen LogP contribution in [0.3, 0.4) is 0 Å². The Labute approximate surface area is 236 Å². The largest absolute Gasteiger partial charge is 0.497 e. The summed E-state index contributed by atoms with van der Waals surface area (Å²) in [7, 11) is 1.49. The molecule has 3 rings (SSSR count). The third-order valence-corrected chi connectivity index (χ3v) is 7.93. The van der Waals surface area contributed by atoms with Crippen LogP contribution in [-0.2, 0) is 19.2 Å². The highest BCUT2D eigenvalue weighted by atomic mass is 16.5. The fourth-order valence-corrected chi connectivity index (χ4v) is 5.49. The third kappa shape index (κ3) is 11.1. The van der Waals surface area contributed by atoms with Gasteiger partial charge in [0.2, 0.25) is 17.7 Å². The van der Waals surface area contributed by atoms with Crippen LogP contribution in [0.4, 0.5) is 5.69 Å². The molecule has 1 aromatic carbocycles. The zero-order chi connectivity index (χ0) is 28.7. The Morgan fingerprint density at radius 2 is 1.55 bits per heavy atom. The van der Waals surface area contributed by atoms with Crippen molar-refractivity contribution in [2.45, 2.75) is 63.8 Å². The minimum atomic E-state index is -1.30. The minimum Gasteiger partial charge on any atom is -0.497 e. The van der Waals surface area contributed by atoms with Crippen LogP contribution in [0.5, 0.6) is 5.75 Å². The minimum absolute atomic E-state index is 0.159. The second-order valence-electron chi connectivity index (χ2n) is 10.9. The van der Waals surface area contributed by atoms with Gasteiger partial charge in [0.25, 0.3) is 0 Å². The number of carbonyl (C=O) groups excluding carboxylic acids is 3. The number of carbonyl (C=O) groups is 4. The van der Waals surface area contributed by atoms with Crippen molar-refractivity contribution in [2.75, 3.05) is 45.2 Å². The number of aliphatic carboxylic acids is 1. The molecule has 0 bridgehead atoms. The van der Waals surface area contributed by atoms with Crippen molar-refractivity contribution in [1.82, 2.24) is 21.3 Å². The summed E-state index contributed by atoms with van der Waals surface area (Å²) < 4.78 is 5.14. The van der Waals surface area contributed by atoms with Gasteiger partial charge in [-0.2, -0.15) is 0 Å². The molecule has 2 heterocycles. The maximum atomic E-state index is 13.2. The van der Waals surface area contributed by atoms with E-state index in [1.54, 1.807) is 24.3 Å². The quantitative estimate of drug-likeness (QED) is 0.190. The highest BCUT2D eigenvalue weighted by Crippen LogP contribution is 2.27. The first-order valence-corrected chi connectivity index (χ1v) is 14.5. The van der Waals surface area contributed by atoms with Gasteiger partial charge in [0, 0.05) is 17.7 Å². The maximum absolute atomic E-state index is 13.2. The number of carboxylic acids is 1. The van der Waals surface area contributed by atoms with Crippen LogP contribution in [0.2, 0.25) is 0 Å². The molecule has 1 atom stereocenters. The van der Waals surface area contributed by atoms with E-state index in [1.165, 1.54) is 7.11 Å². The molecule has 0 radical (unpaired) electrons. The second kappa shape index (κ2) is 16.8. The molecule has 2 saturated heterocycles. The zero-order valence-corrected chi connectivity index (χ0v) is 23.5. The van der Waals surface area contributed by atoms with E-state index in [9.17, 15) is 24.3 Å². The lowest BCUT2D eigenvalue weighted by Crippen LogP contribution is -2.49. The smallest absolute Gasteiger partial charge is 0.305 e. The van der Waals surface area contributed by atoms with Gasteiger partial charge in [-0.05, 0) is 102 Å². The van der Waals surface area contributed by atoms with E-state index in [0.29, 0.717) is 23.3 Å². The number of ether oxygens (including phenoxy) is 1. The highest BCUT2D eigenvalue weighted by Gasteiger charge is 2.26. The Morgan fingerprint density at radius 1 is 0.950 bits per heavy atom. The third-order valence-electron chi connectivity index (χ3n) is 7.93. The van der Waals surface area contributed by atoms with Crippen molar-refractivity contribution in [3.05, 3.63) is 24.3 Å². The first-order valence-electron chi connectivity index (χ1n) is 14.5. The number of nitrogens with one attached hydrogen (secondary N) is 5.